The number of benzene rings is 2. The highest BCUT2D eigenvalue weighted by Gasteiger charge is 2.17. The van der Waals surface area contributed by atoms with Crippen LogP contribution in [0.1, 0.15) is 26.3 Å². The normalized spacial score (nSPS) is 11.8. The molecule has 2 aromatic rings. The van der Waals surface area contributed by atoms with Crippen molar-refractivity contribution in [1.29, 1.82) is 0 Å². The van der Waals surface area contributed by atoms with Crippen molar-refractivity contribution in [1.82, 2.24) is 0 Å². The van der Waals surface area contributed by atoms with Crippen LogP contribution in [-0.4, -0.2) is 5.78 Å². The molecular weight excluding hydrogens is 244 g/mol. The molecule has 0 aliphatic heterocycles. The van der Waals surface area contributed by atoms with E-state index >= 15 is 0 Å². The van der Waals surface area contributed by atoms with Crippen molar-refractivity contribution in [3.8, 4) is 11.1 Å². The molecule has 0 aliphatic rings. The largest absolute Gasteiger partial charge is 0.294 e. The molecule has 1 nitrogen and oxygen atoms in total. The number of hydrogen-bond acceptors (Lipinski definition) is 1. The summed E-state index contributed by atoms with van der Waals surface area (Å²) in [7, 11) is 0. The molecule has 0 heterocycles. The van der Waals surface area contributed by atoms with Crippen molar-refractivity contribution in [3.05, 3.63) is 66.2 Å². The molecular formula is C19H20O. The van der Waals surface area contributed by atoms with Crippen molar-refractivity contribution < 1.29 is 4.79 Å². The fourth-order valence-electron chi connectivity index (χ4n) is 1.84. The van der Waals surface area contributed by atoms with E-state index in [9.17, 15) is 4.79 Å². The van der Waals surface area contributed by atoms with Gasteiger partial charge in [0.15, 0.2) is 5.78 Å². The Morgan fingerprint density at radius 2 is 1.40 bits per heavy atom. The van der Waals surface area contributed by atoms with Gasteiger partial charge in [-0.25, -0.2) is 0 Å². The SMILES string of the molecule is CC(C)(C)C(=O)C=Cc1ccc(-c2ccccc2)cc1. The summed E-state index contributed by atoms with van der Waals surface area (Å²) in [5.74, 6) is 0.143. The molecule has 2 rings (SSSR count). The zero-order valence-electron chi connectivity index (χ0n) is 12.3. The maximum Gasteiger partial charge on any atom is 0.161 e. The van der Waals surface area contributed by atoms with Gasteiger partial charge in [0.05, 0.1) is 0 Å². The van der Waals surface area contributed by atoms with Gasteiger partial charge in [-0.1, -0.05) is 81.4 Å². The minimum Gasteiger partial charge on any atom is -0.294 e. The fraction of sp³-hybridized carbons (Fsp3) is 0.211. The average molecular weight is 264 g/mol. The van der Waals surface area contributed by atoms with Crippen molar-refractivity contribution in [2.45, 2.75) is 20.8 Å². The summed E-state index contributed by atoms with van der Waals surface area (Å²) < 4.78 is 0. The third-order valence-electron chi connectivity index (χ3n) is 3.18. The number of carbonyl (C=O) groups is 1. The van der Waals surface area contributed by atoms with Gasteiger partial charge < -0.3 is 0 Å². The van der Waals surface area contributed by atoms with E-state index < -0.39 is 0 Å². The monoisotopic (exact) mass is 264 g/mol. The van der Waals surface area contributed by atoms with Crippen LogP contribution in [0.15, 0.2) is 60.7 Å². The van der Waals surface area contributed by atoms with E-state index in [2.05, 4.69) is 24.3 Å². The number of carbonyl (C=O) groups excluding carboxylic acids is 1. The molecule has 0 aliphatic carbocycles. The summed E-state index contributed by atoms with van der Waals surface area (Å²) in [6.45, 7) is 5.79. The molecule has 0 saturated carbocycles. The molecule has 2 aromatic carbocycles. The quantitative estimate of drug-likeness (QED) is 0.714. The van der Waals surface area contributed by atoms with E-state index in [0.717, 1.165) is 5.56 Å². The van der Waals surface area contributed by atoms with Crippen LogP contribution in [0.4, 0.5) is 0 Å². The van der Waals surface area contributed by atoms with Gasteiger partial charge in [-0.05, 0) is 22.8 Å². The van der Waals surface area contributed by atoms with E-state index in [1.807, 2.05) is 57.2 Å². The number of allylic oxidation sites excluding steroid dienone is 1. The Bertz CT molecular complexity index is 598. The molecule has 0 fully saturated rings. The summed E-state index contributed by atoms with van der Waals surface area (Å²) >= 11 is 0. The third kappa shape index (κ3) is 3.67. The lowest BCUT2D eigenvalue weighted by Crippen LogP contribution is -2.17. The van der Waals surface area contributed by atoms with Crippen LogP contribution in [0, 0.1) is 5.41 Å². The molecule has 102 valence electrons. The predicted molar refractivity (Wildman–Crippen MR) is 85.4 cm³/mol. The zero-order valence-corrected chi connectivity index (χ0v) is 12.3. The Morgan fingerprint density at radius 3 is 1.95 bits per heavy atom. The highest BCUT2D eigenvalue weighted by atomic mass is 16.1. The van der Waals surface area contributed by atoms with Crippen LogP contribution in [0.2, 0.25) is 0 Å². The first kappa shape index (κ1) is 14.3. The first-order valence-corrected chi connectivity index (χ1v) is 6.85. The van der Waals surface area contributed by atoms with Gasteiger partial charge in [0, 0.05) is 5.41 Å². The fourth-order valence-corrected chi connectivity index (χ4v) is 1.84. The second-order valence-electron chi connectivity index (χ2n) is 5.94. The molecule has 0 atom stereocenters. The summed E-state index contributed by atoms with van der Waals surface area (Å²) in [4.78, 5) is 11.8. The molecule has 0 N–H and O–H groups in total. The summed E-state index contributed by atoms with van der Waals surface area (Å²) in [6, 6.07) is 18.5. The van der Waals surface area contributed by atoms with Gasteiger partial charge >= 0.3 is 0 Å². The Labute approximate surface area is 121 Å². The lowest BCUT2D eigenvalue weighted by molar-refractivity contribution is -0.121. The second-order valence-corrected chi connectivity index (χ2v) is 5.94. The molecule has 0 bridgehead atoms. The highest BCUT2D eigenvalue weighted by molar-refractivity contribution is 5.97. The van der Waals surface area contributed by atoms with Gasteiger partial charge in [-0.3, -0.25) is 4.79 Å². The maximum absolute atomic E-state index is 11.8. The second kappa shape index (κ2) is 5.87. The number of ketones is 1. The third-order valence-corrected chi connectivity index (χ3v) is 3.18. The van der Waals surface area contributed by atoms with Crippen LogP contribution >= 0.6 is 0 Å². The average Bonchev–Trinajstić information content (AvgIpc) is 2.45. The molecule has 1 heteroatoms. The minimum absolute atomic E-state index is 0.143. The van der Waals surface area contributed by atoms with E-state index in [4.69, 9.17) is 0 Å². The van der Waals surface area contributed by atoms with Crippen LogP contribution in [-0.2, 0) is 4.79 Å². The standard InChI is InChI=1S/C19H20O/c1-19(2,3)18(20)14-11-15-9-12-17(13-10-15)16-7-5-4-6-8-16/h4-14H,1-3H3. The van der Waals surface area contributed by atoms with Crippen LogP contribution in [0.3, 0.4) is 0 Å². The Balaban J connectivity index is 2.14. The summed E-state index contributed by atoms with van der Waals surface area (Å²) in [5.41, 5.74) is 3.11. The Hall–Kier alpha value is -2.15. The minimum atomic E-state index is -0.319. The Morgan fingerprint density at radius 1 is 0.850 bits per heavy atom. The molecule has 0 amide bonds. The lowest BCUT2D eigenvalue weighted by atomic mass is 9.90. The molecule has 0 saturated heterocycles. The first-order valence-electron chi connectivity index (χ1n) is 6.85. The van der Waals surface area contributed by atoms with Gasteiger partial charge in [-0.15, -0.1) is 0 Å². The smallest absolute Gasteiger partial charge is 0.161 e. The van der Waals surface area contributed by atoms with Crippen molar-refractivity contribution in [3.63, 3.8) is 0 Å². The molecule has 20 heavy (non-hydrogen) atoms. The highest BCUT2D eigenvalue weighted by Crippen LogP contribution is 2.20. The van der Waals surface area contributed by atoms with E-state index in [1.54, 1.807) is 6.08 Å². The van der Waals surface area contributed by atoms with E-state index in [0.29, 0.717) is 0 Å². The van der Waals surface area contributed by atoms with E-state index in [-0.39, 0.29) is 11.2 Å². The molecule has 0 spiro atoms. The van der Waals surface area contributed by atoms with Gasteiger partial charge in [0.25, 0.3) is 0 Å². The zero-order chi connectivity index (χ0) is 14.6. The number of hydrogen-bond donors (Lipinski definition) is 0. The van der Waals surface area contributed by atoms with Crippen LogP contribution < -0.4 is 0 Å². The maximum atomic E-state index is 11.8. The van der Waals surface area contributed by atoms with Crippen LogP contribution in [0.5, 0.6) is 0 Å². The van der Waals surface area contributed by atoms with Gasteiger partial charge in [0.1, 0.15) is 0 Å². The van der Waals surface area contributed by atoms with Crippen molar-refractivity contribution in [2.75, 3.05) is 0 Å². The lowest BCUT2D eigenvalue weighted by Gasteiger charge is -2.12. The van der Waals surface area contributed by atoms with Gasteiger partial charge in [-0.2, -0.15) is 0 Å². The molecule has 0 unspecified atom stereocenters. The predicted octanol–water partition coefficient (Wildman–Crippen LogP) is 4.98. The first-order chi connectivity index (χ1) is 9.47. The van der Waals surface area contributed by atoms with E-state index in [1.165, 1.54) is 11.1 Å². The summed E-state index contributed by atoms with van der Waals surface area (Å²) in [6.07, 6.45) is 3.54. The van der Waals surface area contributed by atoms with Crippen molar-refractivity contribution >= 4 is 11.9 Å². The Kier molecular flexibility index (Phi) is 4.19. The molecule has 0 aromatic heterocycles. The van der Waals surface area contributed by atoms with Crippen molar-refractivity contribution in [2.24, 2.45) is 5.41 Å². The topological polar surface area (TPSA) is 17.1 Å². The number of rotatable bonds is 3. The molecule has 0 radical (unpaired) electrons. The van der Waals surface area contributed by atoms with Gasteiger partial charge in [0.2, 0.25) is 0 Å². The summed E-state index contributed by atoms with van der Waals surface area (Å²) in [5, 5.41) is 0. The van der Waals surface area contributed by atoms with Crippen LogP contribution in [0.25, 0.3) is 17.2 Å².